The molecule has 2 nitrogen and oxygen atoms in total. The molecular weight excluding hydrogens is 188 g/mol. The lowest BCUT2D eigenvalue weighted by molar-refractivity contribution is 0.592. The van der Waals surface area contributed by atoms with Crippen LogP contribution >= 0.6 is 23.1 Å². The van der Waals surface area contributed by atoms with E-state index in [0.29, 0.717) is 6.04 Å². The van der Waals surface area contributed by atoms with Crippen molar-refractivity contribution in [3.05, 3.63) is 16.1 Å². The fourth-order valence-electron chi connectivity index (χ4n) is 1.26. The molecule has 0 amide bonds. The Balaban J connectivity index is 2.08. The molecule has 1 aromatic rings. The minimum absolute atomic E-state index is 0.502. The number of thioether (sulfide) groups is 1. The van der Waals surface area contributed by atoms with Crippen LogP contribution in [0.1, 0.15) is 15.9 Å². The van der Waals surface area contributed by atoms with E-state index >= 15 is 0 Å². The summed E-state index contributed by atoms with van der Waals surface area (Å²) in [5.74, 6) is 2.41. The molecule has 1 fully saturated rings. The molecule has 0 aromatic carbocycles. The van der Waals surface area contributed by atoms with Gasteiger partial charge in [0.05, 0.1) is 6.04 Å². The summed E-state index contributed by atoms with van der Waals surface area (Å²) in [5.41, 5.74) is 0. The highest BCUT2D eigenvalue weighted by Gasteiger charge is 2.17. The fraction of sp³-hybridized carbons (Fsp3) is 0.625. The van der Waals surface area contributed by atoms with Gasteiger partial charge in [0.25, 0.3) is 0 Å². The maximum absolute atomic E-state index is 4.38. The minimum atomic E-state index is 0.502. The second kappa shape index (κ2) is 3.77. The van der Waals surface area contributed by atoms with Crippen molar-refractivity contribution in [1.29, 1.82) is 0 Å². The van der Waals surface area contributed by atoms with Crippen LogP contribution < -0.4 is 5.32 Å². The smallest absolute Gasteiger partial charge is 0.111 e. The van der Waals surface area contributed by atoms with Crippen molar-refractivity contribution in [3.8, 4) is 0 Å². The van der Waals surface area contributed by atoms with Gasteiger partial charge in [-0.05, 0) is 6.92 Å². The zero-order valence-corrected chi connectivity index (χ0v) is 8.67. The number of thiazole rings is 1. The third-order valence-corrected chi connectivity index (χ3v) is 3.95. The first-order valence-electron chi connectivity index (χ1n) is 4.10. The Labute approximate surface area is 80.8 Å². The lowest BCUT2D eigenvalue weighted by Gasteiger charge is -2.20. The summed E-state index contributed by atoms with van der Waals surface area (Å²) in [5, 5.41) is 4.73. The summed E-state index contributed by atoms with van der Waals surface area (Å²) in [7, 11) is 0. The van der Waals surface area contributed by atoms with Crippen LogP contribution in [0, 0.1) is 6.92 Å². The van der Waals surface area contributed by atoms with Crippen LogP contribution in [-0.4, -0.2) is 23.0 Å². The van der Waals surface area contributed by atoms with E-state index in [-0.39, 0.29) is 0 Å². The molecule has 12 heavy (non-hydrogen) atoms. The Hall–Kier alpha value is -0.0600. The summed E-state index contributed by atoms with van der Waals surface area (Å²) in [6.45, 7) is 3.23. The predicted molar refractivity (Wildman–Crippen MR) is 54.9 cm³/mol. The topological polar surface area (TPSA) is 24.9 Å². The van der Waals surface area contributed by atoms with Crippen molar-refractivity contribution >= 4 is 23.1 Å². The maximum Gasteiger partial charge on any atom is 0.111 e. The molecule has 1 N–H and O–H groups in total. The van der Waals surface area contributed by atoms with Gasteiger partial charge in [-0.3, -0.25) is 0 Å². The van der Waals surface area contributed by atoms with Gasteiger partial charge in [0.1, 0.15) is 5.01 Å². The molecule has 2 rings (SSSR count). The minimum Gasteiger partial charge on any atom is -0.306 e. The van der Waals surface area contributed by atoms with Gasteiger partial charge in [-0.1, -0.05) is 0 Å². The van der Waals surface area contributed by atoms with Crippen molar-refractivity contribution < 1.29 is 0 Å². The van der Waals surface area contributed by atoms with E-state index in [4.69, 9.17) is 0 Å². The summed E-state index contributed by atoms with van der Waals surface area (Å²) in [6, 6.07) is 0.502. The first-order chi connectivity index (χ1) is 5.86. The molecule has 1 aliphatic rings. The molecule has 66 valence electrons. The molecule has 0 spiro atoms. The third-order valence-electron chi connectivity index (χ3n) is 1.86. The largest absolute Gasteiger partial charge is 0.306 e. The average Bonchev–Trinajstić information content (AvgIpc) is 2.54. The van der Waals surface area contributed by atoms with E-state index in [1.165, 1.54) is 21.4 Å². The van der Waals surface area contributed by atoms with Gasteiger partial charge >= 0.3 is 0 Å². The van der Waals surface area contributed by atoms with Crippen LogP contribution in [0.4, 0.5) is 0 Å². The summed E-state index contributed by atoms with van der Waals surface area (Å²) < 4.78 is 0. The van der Waals surface area contributed by atoms with Crippen molar-refractivity contribution in [1.82, 2.24) is 10.3 Å². The van der Waals surface area contributed by atoms with Gasteiger partial charge in [0.15, 0.2) is 0 Å². The molecule has 0 aliphatic carbocycles. The van der Waals surface area contributed by atoms with Gasteiger partial charge in [0.2, 0.25) is 0 Å². The molecule has 0 radical (unpaired) electrons. The number of nitrogens with zero attached hydrogens (tertiary/aromatic N) is 1. The van der Waals surface area contributed by atoms with Crippen molar-refractivity contribution in [3.63, 3.8) is 0 Å². The molecule has 0 saturated carbocycles. The van der Waals surface area contributed by atoms with Gasteiger partial charge in [0, 0.05) is 29.1 Å². The summed E-state index contributed by atoms with van der Waals surface area (Å²) in [6.07, 6.45) is 1.96. The summed E-state index contributed by atoms with van der Waals surface area (Å²) in [4.78, 5) is 5.69. The molecule has 1 saturated heterocycles. The Bertz CT molecular complexity index is 253. The van der Waals surface area contributed by atoms with E-state index < -0.39 is 0 Å². The van der Waals surface area contributed by atoms with Gasteiger partial charge in [-0.25, -0.2) is 4.98 Å². The van der Waals surface area contributed by atoms with Gasteiger partial charge in [-0.15, -0.1) is 11.3 Å². The normalized spacial score (nSPS) is 24.2. The molecule has 2 heterocycles. The number of hydrogen-bond acceptors (Lipinski definition) is 4. The van der Waals surface area contributed by atoms with E-state index in [1.807, 2.05) is 29.3 Å². The van der Waals surface area contributed by atoms with Crippen molar-refractivity contribution in [2.45, 2.75) is 13.0 Å². The molecular formula is C8H12N2S2. The average molecular weight is 200 g/mol. The molecule has 0 bridgehead atoms. The van der Waals surface area contributed by atoms with E-state index in [2.05, 4.69) is 17.2 Å². The highest BCUT2D eigenvalue weighted by atomic mass is 32.2. The van der Waals surface area contributed by atoms with Gasteiger partial charge < -0.3 is 5.32 Å². The third kappa shape index (κ3) is 1.81. The van der Waals surface area contributed by atoms with Crippen LogP contribution in [0.5, 0.6) is 0 Å². The van der Waals surface area contributed by atoms with Crippen LogP contribution in [0.25, 0.3) is 0 Å². The SMILES string of the molecule is Cc1cnc(C2CSCCN2)s1. The van der Waals surface area contributed by atoms with Crippen LogP contribution in [0.15, 0.2) is 6.20 Å². The van der Waals surface area contributed by atoms with Crippen molar-refractivity contribution in [2.24, 2.45) is 0 Å². The zero-order chi connectivity index (χ0) is 8.39. The van der Waals surface area contributed by atoms with E-state index in [1.54, 1.807) is 0 Å². The Morgan fingerprint density at radius 2 is 2.58 bits per heavy atom. The quantitative estimate of drug-likeness (QED) is 0.748. The van der Waals surface area contributed by atoms with E-state index in [0.717, 1.165) is 6.54 Å². The second-order valence-corrected chi connectivity index (χ2v) is 5.31. The molecule has 1 unspecified atom stereocenters. The van der Waals surface area contributed by atoms with Crippen LogP contribution in [0.2, 0.25) is 0 Å². The van der Waals surface area contributed by atoms with Gasteiger partial charge in [-0.2, -0.15) is 11.8 Å². The van der Waals surface area contributed by atoms with Crippen molar-refractivity contribution in [2.75, 3.05) is 18.1 Å². The molecule has 1 aliphatic heterocycles. The molecule has 1 aromatic heterocycles. The number of aromatic nitrogens is 1. The molecule has 1 atom stereocenters. The van der Waals surface area contributed by atoms with Crippen LogP contribution in [0.3, 0.4) is 0 Å². The Kier molecular flexibility index (Phi) is 2.68. The predicted octanol–water partition coefficient (Wildman–Crippen LogP) is 1.83. The second-order valence-electron chi connectivity index (χ2n) is 2.89. The molecule has 4 heteroatoms. The fourth-order valence-corrected chi connectivity index (χ4v) is 3.15. The monoisotopic (exact) mass is 200 g/mol. The zero-order valence-electron chi connectivity index (χ0n) is 7.04. The Morgan fingerprint density at radius 1 is 1.67 bits per heavy atom. The Morgan fingerprint density at radius 3 is 3.17 bits per heavy atom. The van der Waals surface area contributed by atoms with Crippen LogP contribution in [-0.2, 0) is 0 Å². The summed E-state index contributed by atoms with van der Waals surface area (Å²) >= 11 is 3.82. The maximum atomic E-state index is 4.38. The lowest BCUT2D eigenvalue weighted by atomic mass is 10.3. The van der Waals surface area contributed by atoms with E-state index in [9.17, 15) is 0 Å². The number of aryl methyl sites for hydroxylation is 1. The highest BCUT2D eigenvalue weighted by molar-refractivity contribution is 7.99. The standard InChI is InChI=1S/C8H12N2S2/c1-6-4-10-8(12-6)7-5-11-3-2-9-7/h4,7,9H,2-3,5H2,1H3. The number of rotatable bonds is 1. The number of hydrogen-bond donors (Lipinski definition) is 1. The highest BCUT2D eigenvalue weighted by Crippen LogP contribution is 2.24. The number of nitrogens with one attached hydrogen (secondary N) is 1. The first-order valence-corrected chi connectivity index (χ1v) is 6.07. The first kappa shape index (κ1) is 8.53. The lowest BCUT2D eigenvalue weighted by Crippen LogP contribution is -2.29.